The molecule has 3 heterocycles. The number of fused-ring (bicyclic) bond motifs is 1. The molecule has 3 amide bonds. The van der Waals surface area contributed by atoms with Crippen molar-refractivity contribution in [1.82, 2.24) is 19.6 Å². The highest BCUT2D eigenvalue weighted by atomic mass is 16.6. The smallest absolute Gasteiger partial charge is 0.410 e. The highest BCUT2D eigenvalue weighted by molar-refractivity contribution is 5.91. The van der Waals surface area contributed by atoms with E-state index in [9.17, 15) is 9.59 Å². The summed E-state index contributed by atoms with van der Waals surface area (Å²) < 4.78 is 7.43. The molecule has 1 N–H and O–H groups in total. The van der Waals surface area contributed by atoms with Gasteiger partial charge in [-0.05, 0) is 63.5 Å². The second-order valence-electron chi connectivity index (χ2n) is 9.48. The van der Waals surface area contributed by atoms with E-state index in [0.29, 0.717) is 25.6 Å². The first kappa shape index (κ1) is 20.5. The average Bonchev–Trinajstić information content (AvgIpc) is 3.13. The fraction of sp³-hybridized carbons (Fsp3) is 0.591. The molecule has 0 radical (unpaired) electrons. The lowest BCUT2D eigenvalue weighted by Gasteiger charge is -2.34. The molecule has 2 fully saturated rings. The molecule has 1 unspecified atom stereocenters. The number of amides is 3. The van der Waals surface area contributed by atoms with Crippen LogP contribution in [-0.2, 0) is 4.74 Å². The van der Waals surface area contributed by atoms with Crippen molar-refractivity contribution in [2.45, 2.75) is 45.6 Å². The molecule has 0 aromatic carbocycles. The van der Waals surface area contributed by atoms with Crippen LogP contribution < -0.4 is 10.2 Å². The van der Waals surface area contributed by atoms with E-state index in [1.165, 1.54) is 0 Å². The van der Waals surface area contributed by atoms with Gasteiger partial charge in [0.25, 0.3) is 0 Å². The summed E-state index contributed by atoms with van der Waals surface area (Å²) in [5, 5.41) is 2.77. The van der Waals surface area contributed by atoms with Crippen molar-refractivity contribution in [3.8, 4) is 0 Å². The Bertz CT molecular complexity index is 940. The number of nitrogens with one attached hydrogen (secondary N) is 1. The molecule has 0 bridgehead atoms. The molecule has 2 aromatic heterocycles. The number of imidazole rings is 1. The lowest BCUT2D eigenvalue weighted by atomic mass is 9.91. The Morgan fingerprint density at radius 2 is 2.03 bits per heavy atom. The van der Waals surface area contributed by atoms with Crippen molar-refractivity contribution in [2.24, 2.45) is 11.3 Å². The summed E-state index contributed by atoms with van der Waals surface area (Å²) in [7, 11) is 1.66. The van der Waals surface area contributed by atoms with Gasteiger partial charge in [-0.3, -0.25) is 4.90 Å². The second kappa shape index (κ2) is 7.49. The van der Waals surface area contributed by atoms with Gasteiger partial charge >= 0.3 is 12.1 Å². The number of piperidine rings is 1. The molecule has 162 valence electrons. The molecule has 1 saturated heterocycles. The maximum atomic E-state index is 12.6. The molecule has 8 nitrogen and oxygen atoms in total. The predicted molar refractivity (Wildman–Crippen MR) is 115 cm³/mol. The summed E-state index contributed by atoms with van der Waals surface area (Å²) in [6, 6.07) is 3.76. The van der Waals surface area contributed by atoms with E-state index in [1.54, 1.807) is 13.2 Å². The summed E-state index contributed by atoms with van der Waals surface area (Å²) in [6.45, 7) is 7.77. The van der Waals surface area contributed by atoms with Crippen LogP contribution in [0, 0.1) is 11.3 Å². The number of carbonyl (C=O) groups excluding carboxylic acids is 2. The number of anilines is 1. The van der Waals surface area contributed by atoms with Crippen LogP contribution in [0.15, 0.2) is 30.7 Å². The Hall–Kier alpha value is -2.77. The number of pyridine rings is 1. The molecule has 1 aliphatic carbocycles. The largest absolute Gasteiger partial charge is 0.444 e. The third-order valence-electron chi connectivity index (χ3n) is 6.32. The zero-order valence-corrected chi connectivity index (χ0v) is 18.2. The van der Waals surface area contributed by atoms with Gasteiger partial charge in [0, 0.05) is 45.3 Å². The van der Waals surface area contributed by atoms with Gasteiger partial charge in [-0.15, -0.1) is 0 Å². The minimum Gasteiger partial charge on any atom is -0.444 e. The van der Waals surface area contributed by atoms with Gasteiger partial charge in [0.1, 0.15) is 11.2 Å². The van der Waals surface area contributed by atoms with Crippen molar-refractivity contribution < 1.29 is 14.3 Å². The van der Waals surface area contributed by atoms with Gasteiger partial charge in [0.05, 0.1) is 5.69 Å². The first-order chi connectivity index (χ1) is 14.2. The van der Waals surface area contributed by atoms with Crippen LogP contribution in [0.5, 0.6) is 0 Å². The van der Waals surface area contributed by atoms with Gasteiger partial charge < -0.3 is 19.4 Å². The Balaban J connectivity index is 1.40. The van der Waals surface area contributed by atoms with Crippen LogP contribution in [0.2, 0.25) is 0 Å². The number of likely N-dealkylation sites (tertiary alicyclic amines) is 1. The normalized spacial score (nSPS) is 20.3. The quantitative estimate of drug-likeness (QED) is 0.835. The monoisotopic (exact) mass is 413 g/mol. The fourth-order valence-corrected chi connectivity index (χ4v) is 4.49. The topological polar surface area (TPSA) is 79.2 Å². The summed E-state index contributed by atoms with van der Waals surface area (Å²) in [5.74, 6) is 0.439. The number of hydrogen-bond donors (Lipinski definition) is 1. The van der Waals surface area contributed by atoms with Crippen molar-refractivity contribution in [2.75, 3.05) is 31.6 Å². The Morgan fingerprint density at radius 3 is 2.70 bits per heavy atom. The van der Waals surface area contributed by atoms with E-state index in [-0.39, 0.29) is 17.5 Å². The average molecular weight is 414 g/mol. The molecule has 1 spiro atoms. The minimum absolute atomic E-state index is 0.109. The van der Waals surface area contributed by atoms with E-state index in [0.717, 1.165) is 30.6 Å². The van der Waals surface area contributed by atoms with Crippen molar-refractivity contribution in [1.29, 1.82) is 0 Å². The number of hydrogen-bond acceptors (Lipinski definition) is 4. The summed E-state index contributed by atoms with van der Waals surface area (Å²) in [4.78, 5) is 32.9. The minimum atomic E-state index is -0.474. The van der Waals surface area contributed by atoms with Crippen molar-refractivity contribution in [3.05, 3.63) is 30.7 Å². The third-order valence-corrected chi connectivity index (χ3v) is 6.32. The molecular formula is C22H31N5O3. The number of rotatable bonds is 3. The number of nitrogens with zero attached hydrogens (tertiary/aromatic N) is 4. The van der Waals surface area contributed by atoms with E-state index in [4.69, 9.17) is 4.74 Å². The van der Waals surface area contributed by atoms with E-state index in [1.807, 2.05) is 59.5 Å². The van der Waals surface area contributed by atoms with E-state index >= 15 is 0 Å². The number of carbonyl (C=O) groups is 2. The van der Waals surface area contributed by atoms with Gasteiger partial charge in [-0.25, -0.2) is 14.6 Å². The molecule has 1 atom stereocenters. The molecule has 8 heteroatoms. The first-order valence-electron chi connectivity index (χ1n) is 10.6. The van der Waals surface area contributed by atoms with Gasteiger partial charge in [0.15, 0.2) is 0 Å². The zero-order chi connectivity index (χ0) is 21.5. The summed E-state index contributed by atoms with van der Waals surface area (Å²) in [5.41, 5.74) is 1.46. The van der Waals surface area contributed by atoms with Crippen LogP contribution in [0.25, 0.3) is 5.65 Å². The Labute approximate surface area is 177 Å². The van der Waals surface area contributed by atoms with Crippen LogP contribution in [0.4, 0.5) is 15.3 Å². The molecule has 30 heavy (non-hydrogen) atoms. The zero-order valence-electron chi connectivity index (χ0n) is 18.2. The Kier molecular flexibility index (Phi) is 5.11. The maximum Gasteiger partial charge on any atom is 0.410 e. The SMILES string of the molecule is CNC(=O)N(CC1CC12CCN(C(=O)OC(C)(C)C)CC2)c1ccc2nccn2c1. The molecule has 1 aliphatic heterocycles. The lowest BCUT2D eigenvalue weighted by Crippen LogP contribution is -2.44. The van der Waals surface area contributed by atoms with Crippen LogP contribution in [0.3, 0.4) is 0 Å². The molecular weight excluding hydrogens is 382 g/mol. The Morgan fingerprint density at radius 1 is 1.30 bits per heavy atom. The van der Waals surface area contributed by atoms with Crippen molar-refractivity contribution in [3.63, 3.8) is 0 Å². The van der Waals surface area contributed by atoms with Crippen LogP contribution in [-0.4, -0.2) is 58.7 Å². The number of aromatic nitrogens is 2. The molecule has 2 aromatic rings. The highest BCUT2D eigenvalue weighted by Gasteiger charge is 2.56. The summed E-state index contributed by atoms with van der Waals surface area (Å²) in [6.07, 6.45) is 8.35. The van der Waals surface area contributed by atoms with E-state index < -0.39 is 5.60 Å². The van der Waals surface area contributed by atoms with Gasteiger partial charge in [0.2, 0.25) is 0 Å². The summed E-state index contributed by atoms with van der Waals surface area (Å²) >= 11 is 0. The maximum absolute atomic E-state index is 12.6. The highest BCUT2D eigenvalue weighted by Crippen LogP contribution is 2.59. The molecule has 2 aliphatic rings. The standard InChI is InChI=1S/C22H31N5O3/c1-21(2,3)30-20(29)25-10-7-22(8-11-25)13-16(22)14-27(19(28)23-4)17-5-6-18-24-9-12-26(18)15-17/h5-6,9,12,15-16H,7-8,10-11,13-14H2,1-4H3,(H,23,28). The number of ether oxygens (including phenoxy) is 1. The van der Waals surface area contributed by atoms with Crippen molar-refractivity contribution >= 4 is 23.5 Å². The van der Waals surface area contributed by atoms with E-state index in [2.05, 4.69) is 10.3 Å². The lowest BCUT2D eigenvalue weighted by molar-refractivity contribution is 0.0166. The first-order valence-corrected chi connectivity index (χ1v) is 10.6. The fourth-order valence-electron chi connectivity index (χ4n) is 4.49. The second-order valence-corrected chi connectivity index (χ2v) is 9.48. The predicted octanol–water partition coefficient (Wildman–Crippen LogP) is 3.52. The molecule has 1 saturated carbocycles. The van der Waals surface area contributed by atoms with Gasteiger partial charge in [-0.2, -0.15) is 0 Å². The van der Waals surface area contributed by atoms with Crippen LogP contribution >= 0.6 is 0 Å². The van der Waals surface area contributed by atoms with Crippen LogP contribution in [0.1, 0.15) is 40.0 Å². The van der Waals surface area contributed by atoms with Gasteiger partial charge in [-0.1, -0.05) is 0 Å². The number of urea groups is 1. The molecule has 4 rings (SSSR count). The third kappa shape index (κ3) is 4.08.